The second-order valence-corrected chi connectivity index (χ2v) is 6.85. The molecule has 4 aromatic rings. The Bertz CT molecular complexity index is 1060. The van der Waals surface area contributed by atoms with E-state index in [1.807, 2.05) is 37.3 Å². The van der Waals surface area contributed by atoms with Gasteiger partial charge >= 0.3 is 0 Å². The van der Waals surface area contributed by atoms with Crippen molar-refractivity contribution in [2.24, 2.45) is 0 Å². The molecule has 0 spiro atoms. The van der Waals surface area contributed by atoms with E-state index in [0.29, 0.717) is 23.8 Å². The van der Waals surface area contributed by atoms with Crippen LogP contribution in [0.15, 0.2) is 77.2 Å². The Balaban J connectivity index is 1.58. The number of nitrogens with zero attached hydrogens (tertiary/aromatic N) is 1. The van der Waals surface area contributed by atoms with Crippen molar-refractivity contribution in [1.29, 1.82) is 0 Å². The highest BCUT2D eigenvalue weighted by Crippen LogP contribution is 2.28. The van der Waals surface area contributed by atoms with Crippen molar-refractivity contribution >= 4 is 11.1 Å². The predicted molar refractivity (Wildman–Crippen MR) is 108 cm³/mol. The number of fused-ring (bicyclic) bond motifs is 1. The summed E-state index contributed by atoms with van der Waals surface area (Å²) < 4.78 is 25.3. The Kier molecular flexibility index (Phi) is 5.44. The first kappa shape index (κ1) is 19.0. The number of rotatable bonds is 7. The van der Waals surface area contributed by atoms with Crippen molar-refractivity contribution in [2.75, 3.05) is 0 Å². The monoisotopic (exact) mass is 392 g/mol. The van der Waals surface area contributed by atoms with Gasteiger partial charge in [0.15, 0.2) is 11.7 Å². The summed E-state index contributed by atoms with van der Waals surface area (Å²) >= 11 is 0. The van der Waals surface area contributed by atoms with Crippen LogP contribution in [0.4, 0.5) is 4.39 Å². The SMILES string of the molecule is CC(NCc1cccc(O)c1)C(Oc1ccc(F)cc1)c1nc2ccccc2o1. The maximum absolute atomic E-state index is 13.3. The zero-order valence-corrected chi connectivity index (χ0v) is 15.9. The fourth-order valence-electron chi connectivity index (χ4n) is 3.09. The molecule has 29 heavy (non-hydrogen) atoms. The summed E-state index contributed by atoms with van der Waals surface area (Å²) in [6, 6.07) is 20.2. The summed E-state index contributed by atoms with van der Waals surface area (Å²) in [5.74, 6) is 0.844. The van der Waals surface area contributed by atoms with Crippen molar-refractivity contribution in [2.45, 2.75) is 25.6 Å². The lowest BCUT2D eigenvalue weighted by Gasteiger charge is -2.24. The van der Waals surface area contributed by atoms with Gasteiger partial charge in [-0.2, -0.15) is 0 Å². The number of ether oxygens (including phenoxy) is 1. The summed E-state index contributed by atoms with van der Waals surface area (Å²) in [5.41, 5.74) is 2.36. The quantitative estimate of drug-likeness (QED) is 0.465. The number of benzene rings is 3. The van der Waals surface area contributed by atoms with E-state index < -0.39 is 6.10 Å². The summed E-state index contributed by atoms with van der Waals surface area (Å²) in [6.07, 6.45) is -0.537. The normalized spacial score (nSPS) is 13.3. The predicted octanol–water partition coefficient (Wildman–Crippen LogP) is 4.97. The minimum absolute atomic E-state index is 0.185. The molecule has 6 heteroatoms. The molecule has 0 saturated heterocycles. The van der Waals surface area contributed by atoms with Crippen LogP contribution in [0.5, 0.6) is 11.5 Å². The zero-order valence-electron chi connectivity index (χ0n) is 15.9. The molecular weight excluding hydrogens is 371 g/mol. The first-order valence-corrected chi connectivity index (χ1v) is 9.37. The lowest BCUT2D eigenvalue weighted by atomic mass is 10.1. The molecule has 0 saturated carbocycles. The number of aromatic hydroxyl groups is 1. The van der Waals surface area contributed by atoms with E-state index in [9.17, 15) is 9.50 Å². The molecule has 0 amide bonds. The maximum Gasteiger partial charge on any atom is 0.238 e. The molecule has 0 aliphatic carbocycles. The van der Waals surface area contributed by atoms with E-state index in [0.717, 1.165) is 11.1 Å². The second kappa shape index (κ2) is 8.32. The van der Waals surface area contributed by atoms with E-state index in [4.69, 9.17) is 9.15 Å². The molecule has 0 aliphatic heterocycles. The Morgan fingerprint density at radius 1 is 1.07 bits per heavy atom. The van der Waals surface area contributed by atoms with Crippen molar-refractivity contribution in [3.63, 3.8) is 0 Å². The molecular formula is C23H21FN2O3. The van der Waals surface area contributed by atoms with Gasteiger partial charge in [-0.25, -0.2) is 9.37 Å². The van der Waals surface area contributed by atoms with Gasteiger partial charge in [0.25, 0.3) is 0 Å². The van der Waals surface area contributed by atoms with E-state index in [2.05, 4.69) is 10.3 Å². The summed E-state index contributed by atoms with van der Waals surface area (Å²) in [6.45, 7) is 2.49. The van der Waals surface area contributed by atoms with E-state index in [1.54, 1.807) is 30.3 Å². The maximum atomic E-state index is 13.3. The van der Waals surface area contributed by atoms with Crippen LogP contribution in [0.2, 0.25) is 0 Å². The molecule has 0 fully saturated rings. The molecule has 2 N–H and O–H groups in total. The number of para-hydroxylation sites is 2. The van der Waals surface area contributed by atoms with Crippen molar-refractivity contribution in [3.05, 3.63) is 90.1 Å². The molecule has 4 rings (SSSR count). The third-order valence-electron chi connectivity index (χ3n) is 4.62. The van der Waals surface area contributed by atoms with Crippen LogP contribution in [0.3, 0.4) is 0 Å². The molecule has 148 valence electrons. The molecule has 1 aromatic heterocycles. The van der Waals surface area contributed by atoms with Crippen molar-refractivity contribution in [1.82, 2.24) is 10.3 Å². The summed E-state index contributed by atoms with van der Waals surface area (Å²) in [4.78, 5) is 4.57. The highest BCUT2D eigenvalue weighted by Gasteiger charge is 2.27. The number of hydrogen-bond acceptors (Lipinski definition) is 5. The van der Waals surface area contributed by atoms with E-state index >= 15 is 0 Å². The first-order chi connectivity index (χ1) is 14.1. The Hall–Kier alpha value is -3.38. The number of phenolic OH excluding ortho intramolecular Hbond substituents is 1. The number of nitrogens with one attached hydrogen (secondary N) is 1. The van der Waals surface area contributed by atoms with Crippen LogP contribution < -0.4 is 10.1 Å². The van der Waals surface area contributed by atoms with Crippen molar-refractivity contribution < 1.29 is 18.7 Å². The van der Waals surface area contributed by atoms with E-state index in [1.165, 1.54) is 12.1 Å². The highest BCUT2D eigenvalue weighted by atomic mass is 19.1. The zero-order chi connectivity index (χ0) is 20.2. The van der Waals surface area contributed by atoms with Gasteiger partial charge in [-0.05, 0) is 61.0 Å². The summed E-state index contributed by atoms with van der Waals surface area (Å²) in [7, 11) is 0. The molecule has 0 radical (unpaired) electrons. The topological polar surface area (TPSA) is 67.5 Å². The molecule has 0 aliphatic rings. The highest BCUT2D eigenvalue weighted by molar-refractivity contribution is 5.72. The van der Waals surface area contributed by atoms with Gasteiger partial charge in [-0.15, -0.1) is 0 Å². The first-order valence-electron chi connectivity index (χ1n) is 9.37. The average Bonchev–Trinajstić information content (AvgIpc) is 3.15. The minimum Gasteiger partial charge on any atom is -0.508 e. The standard InChI is InChI=1S/C23H21FN2O3/c1-15(25-14-16-5-4-6-18(27)13-16)22(28-19-11-9-17(24)10-12-19)23-26-20-7-2-3-8-21(20)29-23/h2-13,15,22,25,27H,14H2,1H3. The number of aromatic nitrogens is 1. The van der Waals surface area contributed by atoms with Crippen LogP contribution in [0.1, 0.15) is 24.5 Å². The molecule has 5 nitrogen and oxygen atoms in total. The van der Waals surface area contributed by atoms with Crippen LogP contribution in [0.25, 0.3) is 11.1 Å². The Morgan fingerprint density at radius 2 is 1.86 bits per heavy atom. The molecule has 3 aromatic carbocycles. The minimum atomic E-state index is -0.537. The third-order valence-corrected chi connectivity index (χ3v) is 4.62. The number of hydrogen-bond donors (Lipinski definition) is 2. The van der Waals surface area contributed by atoms with Gasteiger partial charge < -0.3 is 19.6 Å². The molecule has 2 atom stereocenters. The number of oxazole rings is 1. The van der Waals surface area contributed by atoms with Gasteiger partial charge in [0.05, 0.1) is 6.04 Å². The van der Waals surface area contributed by atoms with E-state index in [-0.39, 0.29) is 17.6 Å². The fourth-order valence-corrected chi connectivity index (χ4v) is 3.09. The third kappa shape index (κ3) is 4.55. The smallest absolute Gasteiger partial charge is 0.238 e. The number of halogens is 1. The van der Waals surface area contributed by atoms with Gasteiger partial charge in [-0.3, -0.25) is 0 Å². The molecule has 0 bridgehead atoms. The average molecular weight is 392 g/mol. The van der Waals surface area contributed by atoms with Crippen molar-refractivity contribution in [3.8, 4) is 11.5 Å². The lowest BCUT2D eigenvalue weighted by molar-refractivity contribution is 0.132. The van der Waals surface area contributed by atoms with Crippen LogP contribution in [0, 0.1) is 5.82 Å². The van der Waals surface area contributed by atoms with Gasteiger partial charge in [-0.1, -0.05) is 24.3 Å². The second-order valence-electron chi connectivity index (χ2n) is 6.85. The molecule has 1 heterocycles. The van der Waals surface area contributed by atoms with Crippen LogP contribution in [-0.2, 0) is 6.54 Å². The fraction of sp³-hybridized carbons (Fsp3) is 0.174. The van der Waals surface area contributed by atoms with Gasteiger partial charge in [0.2, 0.25) is 5.89 Å². The lowest BCUT2D eigenvalue weighted by Crippen LogP contribution is -2.35. The number of phenols is 1. The Morgan fingerprint density at radius 3 is 2.62 bits per heavy atom. The van der Waals surface area contributed by atoms with Crippen LogP contribution >= 0.6 is 0 Å². The molecule has 2 unspecified atom stereocenters. The largest absolute Gasteiger partial charge is 0.508 e. The van der Waals surface area contributed by atoms with Crippen LogP contribution in [-0.4, -0.2) is 16.1 Å². The summed E-state index contributed by atoms with van der Waals surface area (Å²) in [5, 5.41) is 13.0. The van der Waals surface area contributed by atoms with Gasteiger partial charge in [0.1, 0.15) is 22.8 Å². The van der Waals surface area contributed by atoms with Gasteiger partial charge in [0, 0.05) is 6.54 Å². The Labute approximate surface area is 167 Å².